The van der Waals surface area contributed by atoms with Crippen LogP contribution >= 0.6 is 0 Å². The third kappa shape index (κ3) is 6.01. The van der Waals surface area contributed by atoms with E-state index in [1.54, 1.807) is 0 Å². The summed E-state index contributed by atoms with van der Waals surface area (Å²) in [5.41, 5.74) is -2.77. The number of hydrogen-bond acceptors (Lipinski definition) is 3. The van der Waals surface area contributed by atoms with Crippen molar-refractivity contribution in [3.8, 4) is 11.1 Å². The van der Waals surface area contributed by atoms with E-state index in [1.165, 1.54) is 6.92 Å². The molecule has 4 nitrogen and oxygen atoms in total. The summed E-state index contributed by atoms with van der Waals surface area (Å²) in [7, 11) is 0. The van der Waals surface area contributed by atoms with Crippen molar-refractivity contribution in [2.24, 2.45) is 0 Å². The van der Waals surface area contributed by atoms with Gasteiger partial charge in [-0.15, -0.1) is 0 Å². The first-order chi connectivity index (χ1) is 19.8. The van der Waals surface area contributed by atoms with E-state index >= 15 is 0 Å². The summed E-state index contributed by atoms with van der Waals surface area (Å²) < 4.78 is 115. The summed E-state index contributed by atoms with van der Waals surface area (Å²) in [5, 5.41) is 22.7. The summed E-state index contributed by atoms with van der Waals surface area (Å²) in [6, 6.07) is -8.18. The molecule has 1 atom stereocenters. The highest BCUT2D eigenvalue weighted by molar-refractivity contribution is 5.89. The molecule has 0 aliphatic carbocycles. The van der Waals surface area contributed by atoms with Crippen LogP contribution in [0.25, 0.3) is 11.1 Å². The number of carboxylic acid groups (broad SMARTS) is 1. The molecule has 0 amide bonds. The lowest BCUT2D eigenvalue weighted by Gasteiger charge is -2.13. The highest BCUT2D eigenvalue weighted by Crippen LogP contribution is 2.22. The number of hydrogen-bond donors (Lipinski definition) is 3. The Bertz CT molecular complexity index is 1610. The molecule has 150 valence electrons. The molecule has 0 unspecified atom stereocenters. The SMILES string of the molecule is [2H]c1c([2H])c(CC([2H])([2H])CNC[C@H](O)c2c([2H])c([2H])c([2H])c(C)c2[2H])c([2H])c(-c2c([2H])c([2H])c([2H])c(C(=O)O)c2[2H])c1[2H]. The predicted molar refractivity (Wildman–Crippen MR) is 116 cm³/mol. The van der Waals surface area contributed by atoms with Gasteiger partial charge in [-0.3, -0.25) is 0 Å². The highest BCUT2D eigenvalue weighted by atomic mass is 16.4. The van der Waals surface area contributed by atoms with E-state index in [4.69, 9.17) is 19.2 Å². The molecule has 4 heteroatoms. The second-order valence-electron chi connectivity index (χ2n) is 6.02. The van der Waals surface area contributed by atoms with Crippen LogP contribution in [0, 0.1) is 6.92 Å². The van der Waals surface area contributed by atoms with Crippen LogP contribution in [-0.2, 0) is 6.42 Å². The van der Waals surface area contributed by atoms with Gasteiger partial charge in [0.25, 0.3) is 0 Å². The van der Waals surface area contributed by atoms with E-state index in [-0.39, 0.29) is 29.8 Å². The largest absolute Gasteiger partial charge is 0.478 e. The molecule has 0 aromatic heterocycles. The molecular formula is C25H27NO3. The minimum atomic E-state index is -2.28. The lowest BCUT2D eigenvalue weighted by molar-refractivity contribution is 0.0697. The van der Waals surface area contributed by atoms with E-state index < -0.39 is 114 Å². The molecule has 0 saturated heterocycles. The van der Waals surface area contributed by atoms with Gasteiger partial charge in [0.1, 0.15) is 0 Å². The van der Waals surface area contributed by atoms with Crippen molar-refractivity contribution < 1.29 is 34.2 Å². The molecule has 0 aliphatic rings. The van der Waals surface area contributed by atoms with Gasteiger partial charge in [-0.05, 0) is 60.6 Å². The van der Waals surface area contributed by atoms with Gasteiger partial charge >= 0.3 is 5.97 Å². The predicted octanol–water partition coefficient (Wildman–Crippen LogP) is 4.62. The van der Waals surface area contributed by atoms with Crippen molar-refractivity contribution in [2.45, 2.75) is 25.8 Å². The molecule has 0 spiro atoms. The van der Waals surface area contributed by atoms with Crippen molar-refractivity contribution in [2.75, 3.05) is 13.1 Å². The first kappa shape index (κ1) is 9.24. The van der Waals surface area contributed by atoms with Gasteiger partial charge in [0.15, 0.2) is 0 Å². The number of aliphatic hydroxyl groups is 1. The summed E-state index contributed by atoms with van der Waals surface area (Å²) in [4.78, 5) is 11.7. The third-order valence-corrected chi connectivity index (χ3v) is 3.76. The Morgan fingerprint density at radius 2 is 1.79 bits per heavy atom. The second-order valence-corrected chi connectivity index (χ2v) is 6.02. The van der Waals surface area contributed by atoms with Crippen molar-refractivity contribution >= 4 is 5.97 Å². The lowest BCUT2D eigenvalue weighted by Crippen LogP contribution is -2.22. The van der Waals surface area contributed by atoms with Crippen LogP contribution in [0.1, 0.15) is 58.7 Å². The van der Waals surface area contributed by atoms with E-state index in [0.717, 1.165) is 0 Å². The maximum absolute atomic E-state index is 11.7. The number of benzene rings is 3. The minimum absolute atomic E-state index is 0.0909. The van der Waals surface area contributed by atoms with Crippen LogP contribution in [0.3, 0.4) is 0 Å². The summed E-state index contributed by atoms with van der Waals surface area (Å²) in [6.45, 7) is 0.517. The minimum Gasteiger partial charge on any atom is -0.478 e. The van der Waals surface area contributed by atoms with Crippen molar-refractivity contribution in [3.63, 3.8) is 0 Å². The Hall–Kier alpha value is -2.95. The molecule has 3 N–H and O–H groups in total. The van der Waals surface area contributed by atoms with Gasteiger partial charge in [-0.25, -0.2) is 4.79 Å². The second kappa shape index (κ2) is 10.0. The fourth-order valence-corrected chi connectivity index (χ4v) is 2.38. The monoisotopic (exact) mass is 403 g/mol. The first-order valence-corrected chi connectivity index (χ1v) is 8.65. The van der Waals surface area contributed by atoms with E-state index in [1.807, 2.05) is 0 Å². The molecule has 0 fully saturated rings. The van der Waals surface area contributed by atoms with Crippen LogP contribution in [0.2, 0.25) is 0 Å². The van der Waals surface area contributed by atoms with Crippen molar-refractivity contribution in [3.05, 3.63) is 94.8 Å². The molecule has 3 rings (SSSR count). The van der Waals surface area contributed by atoms with Crippen molar-refractivity contribution in [1.82, 2.24) is 5.32 Å². The molecular weight excluding hydrogens is 362 g/mol. The zero-order valence-electron chi connectivity index (χ0n) is 29.5. The zero-order chi connectivity index (χ0) is 32.9. The number of nitrogens with one attached hydrogen (secondary N) is 1. The van der Waals surface area contributed by atoms with E-state index in [9.17, 15) is 15.0 Å². The van der Waals surface area contributed by atoms with Crippen LogP contribution in [0.15, 0.2) is 72.5 Å². The summed E-state index contributed by atoms with van der Waals surface area (Å²) in [6.07, 6.45) is -4.50. The lowest BCUT2D eigenvalue weighted by atomic mass is 9.99. The Morgan fingerprint density at radius 1 is 1.07 bits per heavy atom. The molecule has 3 aromatic rings. The van der Waals surface area contributed by atoms with Gasteiger partial charge in [0, 0.05) is 9.29 Å². The van der Waals surface area contributed by atoms with Crippen LogP contribution in [-0.4, -0.2) is 29.3 Å². The summed E-state index contributed by atoms with van der Waals surface area (Å²) in [5.74, 6) is -1.75. The smallest absolute Gasteiger partial charge is 0.335 e. The quantitative estimate of drug-likeness (QED) is 0.488. The highest BCUT2D eigenvalue weighted by Gasteiger charge is 2.07. The fourth-order valence-electron chi connectivity index (χ4n) is 2.38. The van der Waals surface area contributed by atoms with Gasteiger partial charge in [-0.2, -0.15) is 0 Å². The molecule has 29 heavy (non-hydrogen) atoms. The Kier molecular flexibility index (Phi) is 3.19. The summed E-state index contributed by atoms with van der Waals surface area (Å²) >= 11 is 0. The number of rotatable bonds is 9. The van der Waals surface area contributed by atoms with E-state index in [0.29, 0.717) is 0 Å². The number of aromatic carboxylic acids is 1. The van der Waals surface area contributed by atoms with Gasteiger partial charge in [0.2, 0.25) is 0 Å². The number of aliphatic hydroxyl groups excluding tert-OH is 1. The average molecular weight is 404 g/mol. The molecule has 0 heterocycles. The average Bonchev–Trinajstić information content (AvgIpc) is 2.92. The van der Waals surface area contributed by atoms with Gasteiger partial charge in [0.05, 0.1) is 28.1 Å². The Balaban J connectivity index is 1.99. The Labute approximate surface area is 191 Å². The van der Waals surface area contributed by atoms with Crippen LogP contribution in [0.4, 0.5) is 0 Å². The molecule has 0 bridgehead atoms. The third-order valence-electron chi connectivity index (χ3n) is 3.76. The van der Waals surface area contributed by atoms with Gasteiger partial charge < -0.3 is 15.5 Å². The maximum Gasteiger partial charge on any atom is 0.335 e. The molecule has 0 saturated carbocycles. The maximum atomic E-state index is 11.7. The first-order valence-electron chi connectivity index (χ1n) is 15.7. The fraction of sp³-hybridized carbons (Fsp3) is 0.240. The topological polar surface area (TPSA) is 69.6 Å². The van der Waals surface area contributed by atoms with Crippen molar-refractivity contribution in [1.29, 1.82) is 0 Å². The standard InChI is InChI=1S/C25H27NO3/c1-18-6-2-11-22(14-18)24(27)17-26-13-5-8-19-7-3-9-20(15-19)21-10-4-12-23(16-21)25(28)29/h2-4,6-7,9-12,14-16,24,26-27H,5,8,13,17H2,1H3,(H,28,29)/t24-/m0/s1/i2D,3D,4D,5D2,6D,7D,9D,10D,11D,12D,14D,15D,16D. The number of carbonyl (C=O) groups is 1. The molecule has 0 aliphatic heterocycles. The molecule has 3 aromatic carbocycles. The van der Waals surface area contributed by atoms with Crippen LogP contribution in [0.5, 0.6) is 0 Å². The van der Waals surface area contributed by atoms with Gasteiger partial charge in [-0.1, -0.05) is 66.0 Å². The Morgan fingerprint density at radius 3 is 2.59 bits per heavy atom. The zero-order valence-corrected chi connectivity index (χ0v) is 15.5. The molecule has 0 radical (unpaired) electrons. The normalized spacial score (nSPS) is 19.2. The van der Waals surface area contributed by atoms with Crippen LogP contribution < -0.4 is 5.32 Å². The number of carboxylic acids is 1. The van der Waals surface area contributed by atoms with E-state index in [2.05, 4.69) is 5.32 Å².